The number of hydrogen-bond acceptors (Lipinski definition) is 5. The normalized spacial score (nSPS) is 10.6. The number of nitriles is 1. The molecule has 2 N–H and O–H groups in total. The van der Waals surface area contributed by atoms with Crippen molar-refractivity contribution in [2.45, 2.75) is 6.42 Å². The van der Waals surface area contributed by atoms with Gasteiger partial charge in [-0.25, -0.2) is 13.8 Å². The van der Waals surface area contributed by atoms with Gasteiger partial charge in [-0.05, 0) is 59.7 Å². The zero-order valence-corrected chi connectivity index (χ0v) is 15.6. The number of rotatable bonds is 5. The molecule has 4 rings (SSSR count). The van der Waals surface area contributed by atoms with Crippen LogP contribution in [0, 0.1) is 23.0 Å². The number of nitrogens with zero attached hydrogens (tertiary/aromatic N) is 2. The maximum absolute atomic E-state index is 14.6. The van der Waals surface area contributed by atoms with Crippen LogP contribution in [0.1, 0.15) is 16.9 Å². The Morgan fingerprint density at radius 3 is 2.27 bits per heavy atom. The number of hydrogen-bond donors (Lipinski definition) is 2. The summed E-state index contributed by atoms with van der Waals surface area (Å²) in [5.41, 5.74) is 2.02. The number of aromatic nitrogens is 1. The largest absolute Gasteiger partial charge is 0.508 e. The van der Waals surface area contributed by atoms with Gasteiger partial charge < -0.3 is 14.8 Å². The number of phenols is 1. The van der Waals surface area contributed by atoms with E-state index >= 15 is 0 Å². The number of nitrogens with one attached hydrogen (secondary N) is 1. The molecule has 1 heterocycles. The summed E-state index contributed by atoms with van der Waals surface area (Å²) in [6.07, 6.45) is 1.30. The second-order valence-electron chi connectivity index (χ2n) is 6.59. The first kappa shape index (κ1) is 19.2. The quantitative estimate of drug-likeness (QED) is 0.458. The van der Waals surface area contributed by atoms with Crippen molar-refractivity contribution in [3.05, 3.63) is 95.4 Å². The maximum atomic E-state index is 14.6. The summed E-state index contributed by atoms with van der Waals surface area (Å²) in [4.78, 5) is 4.07. The van der Waals surface area contributed by atoms with Crippen molar-refractivity contribution in [1.29, 1.82) is 5.26 Å². The van der Waals surface area contributed by atoms with E-state index in [-0.39, 0.29) is 23.7 Å². The minimum Gasteiger partial charge on any atom is -0.508 e. The number of phenolic OH excluding ortho intramolecular Hbond substituents is 1. The van der Waals surface area contributed by atoms with Gasteiger partial charge in [0.25, 0.3) is 6.01 Å². The van der Waals surface area contributed by atoms with Crippen LogP contribution in [0.2, 0.25) is 0 Å². The van der Waals surface area contributed by atoms with Crippen LogP contribution in [0.25, 0.3) is 11.1 Å². The second-order valence-corrected chi connectivity index (χ2v) is 6.59. The van der Waals surface area contributed by atoms with Gasteiger partial charge in [0.1, 0.15) is 23.1 Å². The molecule has 7 heteroatoms. The first-order chi connectivity index (χ1) is 14.5. The average molecular weight is 403 g/mol. The summed E-state index contributed by atoms with van der Waals surface area (Å²) < 4.78 is 34.7. The smallest absolute Gasteiger partial charge is 0.299 e. The van der Waals surface area contributed by atoms with Gasteiger partial charge in [0.05, 0.1) is 17.8 Å². The van der Waals surface area contributed by atoms with E-state index < -0.39 is 11.6 Å². The molecule has 0 aliphatic carbocycles. The van der Waals surface area contributed by atoms with Crippen molar-refractivity contribution >= 4 is 11.7 Å². The van der Waals surface area contributed by atoms with Gasteiger partial charge in [0, 0.05) is 17.7 Å². The molecule has 0 bridgehead atoms. The van der Waals surface area contributed by atoms with E-state index in [0.717, 1.165) is 0 Å². The minimum absolute atomic E-state index is 0.0760. The fourth-order valence-electron chi connectivity index (χ4n) is 2.97. The molecule has 0 radical (unpaired) electrons. The molecular formula is C23H15F2N3O2. The Hall–Kier alpha value is -4.18. The highest BCUT2D eigenvalue weighted by molar-refractivity contribution is 5.65. The van der Waals surface area contributed by atoms with E-state index in [4.69, 9.17) is 9.68 Å². The van der Waals surface area contributed by atoms with Gasteiger partial charge in [-0.15, -0.1) is 0 Å². The van der Waals surface area contributed by atoms with Gasteiger partial charge in [-0.3, -0.25) is 0 Å². The summed E-state index contributed by atoms with van der Waals surface area (Å²) in [5, 5.41) is 21.1. The van der Waals surface area contributed by atoms with Crippen LogP contribution in [-0.2, 0) is 6.42 Å². The minimum atomic E-state index is -0.698. The highest BCUT2D eigenvalue weighted by atomic mass is 19.1. The number of aromatic hydroxyl groups is 1. The fraction of sp³-hybridized carbons (Fsp3) is 0.0435. The maximum Gasteiger partial charge on any atom is 0.299 e. The molecular weight excluding hydrogens is 388 g/mol. The monoisotopic (exact) mass is 403 g/mol. The molecule has 0 amide bonds. The Morgan fingerprint density at radius 1 is 0.967 bits per heavy atom. The lowest BCUT2D eigenvalue weighted by molar-refractivity contribution is 0.475. The Labute approximate surface area is 170 Å². The molecule has 0 unspecified atom stereocenters. The molecule has 4 aromatic rings. The van der Waals surface area contributed by atoms with E-state index in [9.17, 15) is 13.9 Å². The van der Waals surface area contributed by atoms with Crippen molar-refractivity contribution in [1.82, 2.24) is 4.98 Å². The summed E-state index contributed by atoms with van der Waals surface area (Å²) in [5.74, 6) is -1.03. The molecule has 148 valence electrons. The zero-order valence-electron chi connectivity index (χ0n) is 15.6. The summed E-state index contributed by atoms with van der Waals surface area (Å²) in [6, 6.07) is 17.5. The third-order valence-electron chi connectivity index (χ3n) is 4.51. The molecule has 0 saturated heterocycles. The highest BCUT2D eigenvalue weighted by Gasteiger charge is 2.15. The van der Waals surface area contributed by atoms with Crippen molar-refractivity contribution in [2.24, 2.45) is 0 Å². The Bertz CT molecular complexity index is 1200. The Morgan fingerprint density at radius 2 is 1.63 bits per heavy atom. The van der Waals surface area contributed by atoms with Crippen molar-refractivity contribution in [2.75, 3.05) is 5.32 Å². The fourth-order valence-corrected chi connectivity index (χ4v) is 2.97. The summed E-state index contributed by atoms with van der Waals surface area (Å²) in [7, 11) is 0. The summed E-state index contributed by atoms with van der Waals surface area (Å²) >= 11 is 0. The van der Waals surface area contributed by atoms with E-state index in [1.165, 1.54) is 30.5 Å². The lowest BCUT2D eigenvalue weighted by atomic mass is 10.0. The third kappa shape index (κ3) is 4.13. The van der Waals surface area contributed by atoms with Crippen LogP contribution in [0.3, 0.4) is 0 Å². The van der Waals surface area contributed by atoms with E-state index in [1.54, 1.807) is 36.4 Å². The molecule has 3 aromatic carbocycles. The highest BCUT2D eigenvalue weighted by Crippen LogP contribution is 2.28. The molecule has 5 nitrogen and oxygen atoms in total. The summed E-state index contributed by atoms with van der Waals surface area (Å²) in [6.45, 7) is 0. The standard InChI is InChI=1S/C23H15F2N3O2/c24-21-9-16(15-3-7-18(29)8-4-15)10-22(25)20(21)11-19-13-27-23(30-19)28-17-5-1-14(12-26)2-6-17/h1-10,13,29H,11H2,(H,27,28). The number of anilines is 2. The number of halogens is 2. The van der Waals surface area contributed by atoms with Crippen LogP contribution in [0.5, 0.6) is 5.75 Å². The lowest BCUT2D eigenvalue weighted by Gasteiger charge is -2.08. The van der Waals surface area contributed by atoms with Gasteiger partial charge in [0.2, 0.25) is 0 Å². The molecule has 0 aliphatic heterocycles. The van der Waals surface area contributed by atoms with Gasteiger partial charge in [-0.1, -0.05) is 12.1 Å². The predicted molar refractivity (Wildman–Crippen MR) is 107 cm³/mol. The molecule has 0 aliphatic rings. The van der Waals surface area contributed by atoms with Crippen molar-refractivity contribution < 1.29 is 18.3 Å². The van der Waals surface area contributed by atoms with E-state index in [2.05, 4.69) is 10.3 Å². The number of oxazole rings is 1. The first-order valence-corrected chi connectivity index (χ1v) is 9.01. The van der Waals surface area contributed by atoms with Gasteiger partial charge in [0.15, 0.2) is 0 Å². The molecule has 0 spiro atoms. The van der Waals surface area contributed by atoms with Crippen LogP contribution < -0.4 is 5.32 Å². The van der Waals surface area contributed by atoms with E-state index in [0.29, 0.717) is 28.1 Å². The topological polar surface area (TPSA) is 82.1 Å². The Kier molecular flexibility index (Phi) is 5.14. The predicted octanol–water partition coefficient (Wildman–Crippen LogP) is 5.53. The van der Waals surface area contributed by atoms with E-state index in [1.807, 2.05) is 6.07 Å². The molecule has 0 atom stereocenters. The van der Waals surface area contributed by atoms with Crippen LogP contribution in [0.15, 0.2) is 71.3 Å². The van der Waals surface area contributed by atoms with Crippen molar-refractivity contribution in [3.8, 4) is 22.9 Å². The molecule has 30 heavy (non-hydrogen) atoms. The van der Waals surface area contributed by atoms with Crippen LogP contribution in [-0.4, -0.2) is 10.1 Å². The van der Waals surface area contributed by atoms with Gasteiger partial charge in [-0.2, -0.15) is 5.26 Å². The zero-order chi connectivity index (χ0) is 21.1. The van der Waals surface area contributed by atoms with Crippen molar-refractivity contribution in [3.63, 3.8) is 0 Å². The van der Waals surface area contributed by atoms with Crippen LogP contribution >= 0.6 is 0 Å². The SMILES string of the molecule is N#Cc1ccc(Nc2ncc(Cc3c(F)cc(-c4ccc(O)cc4)cc3F)o2)cc1. The van der Waals surface area contributed by atoms with Crippen LogP contribution in [0.4, 0.5) is 20.5 Å². The molecule has 1 aromatic heterocycles. The Balaban J connectivity index is 1.51. The number of benzene rings is 3. The second kappa shape index (κ2) is 8.05. The average Bonchev–Trinajstić information content (AvgIpc) is 3.18. The van der Waals surface area contributed by atoms with Gasteiger partial charge >= 0.3 is 0 Å². The third-order valence-corrected chi connectivity index (χ3v) is 4.51. The molecule has 0 saturated carbocycles. The lowest BCUT2D eigenvalue weighted by Crippen LogP contribution is -1.98. The molecule has 0 fully saturated rings. The first-order valence-electron chi connectivity index (χ1n) is 9.01.